The second-order valence-electron chi connectivity index (χ2n) is 3.76. The zero-order valence-corrected chi connectivity index (χ0v) is 8.31. The molecule has 0 aliphatic heterocycles. The van der Waals surface area contributed by atoms with E-state index in [0.717, 1.165) is 0 Å². The van der Waals surface area contributed by atoms with Crippen LogP contribution in [-0.4, -0.2) is 22.2 Å². The molecule has 1 aromatic rings. The van der Waals surface area contributed by atoms with Gasteiger partial charge in [-0.25, -0.2) is 8.78 Å². The molecule has 0 atom stereocenters. The van der Waals surface area contributed by atoms with Gasteiger partial charge < -0.3 is 10.4 Å². The third-order valence-electron chi connectivity index (χ3n) is 1.74. The first kappa shape index (κ1) is 11.8. The highest BCUT2D eigenvalue weighted by Crippen LogP contribution is 2.18. The predicted molar refractivity (Wildman–Crippen MR) is 48.9 cm³/mol. The van der Waals surface area contributed by atoms with Crippen LogP contribution in [0.25, 0.3) is 0 Å². The Morgan fingerprint density at radius 3 is 2.47 bits per heavy atom. The predicted octanol–water partition coefficient (Wildman–Crippen LogP) is 1.68. The minimum Gasteiger partial charge on any atom is -0.394 e. The van der Waals surface area contributed by atoms with Crippen LogP contribution in [-0.2, 0) is 0 Å². The maximum absolute atomic E-state index is 13.1. The van der Waals surface area contributed by atoms with E-state index < -0.39 is 28.9 Å². The number of halogens is 3. The van der Waals surface area contributed by atoms with Crippen molar-refractivity contribution in [2.45, 2.75) is 19.4 Å². The summed E-state index contributed by atoms with van der Waals surface area (Å²) in [5.74, 6) is -4.16. The number of anilines is 1. The van der Waals surface area contributed by atoms with Crippen molar-refractivity contribution < 1.29 is 18.3 Å². The van der Waals surface area contributed by atoms with Crippen LogP contribution in [0.3, 0.4) is 0 Å². The van der Waals surface area contributed by atoms with E-state index in [0.29, 0.717) is 6.07 Å². The maximum atomic E-state index is 13.1. The van der Waals surface area contributed by atoms with Crippen molar-refractivity contribution in [3.05, 3.63) is 23.6 Å². The minimum atomic E-state index is -1.38. The van der Waals surface area contributed by atoms with Crippen LogP contribution < -0.4 is 5.32 Å². The van der Waals surface area contributed by atoms with Crippen molar-refractivity contribution in [2.75, 3.05) is 11.9 Å². The smallest absolute Gasteiger partial charge is 0.251 e. The number of pyridine rings is 1. The van der Waals surface area contributed by atoms with Crippen molar-refractivity contribution in [1.29, 1.82) is 0 Å². The van der Waals surface area contributed by atoms with E-state index in [1.54, 1.807) is 13.8 Å². The SMILES string of the molecule is CC(C)(CO)Nc1nc(F)c(F)cc1F. The number of hydrogen-bond acceptors (Lipinski definition) is 3. The maximum Gasteiger partial charge on any atom is 0.251 e. The van der Waals surface area contributed by atoms with E-state index in [1.807, 2.05) is 0 Å². The Balaban J connectivity index is 3.01. The van der Waals surface area contributed by atoms with E-state index >= 15 is 0 Å². The van der Waals surface area contributed by atoms with Gasteiger partial charge >= 0.3 is 0 Å². The Hall–Kier alpha value is -1.30. The largest absolute Gasteiger partial charge is 0.394 e. The van der Waals surface area contributed by atoms with Gasteiger partial charge in [0, 0.05) is 6.07 Å². The van der Waals surface area contributed by atoms with Crippen molar-refractivity contribution in [2.24, 2.45) is 0 Å². The van der Waals surface area contributed by atoms with Crippen LogP contribution in [0.2, 0.25) is 0 Å². The molecule has 3 nitrogen and oxygen atoms in total. The van der Waals surface area contributed by atoms with Gasteiger partial charge in [0.15, 0.2) is 17.5 Å². The molecule has 0 aliphatic rings. The zero-order valence-electron chi connectivity index (χ0n) is 8.31. The molecule has 0 radical (unpaired) electrons. The number of aliphatic hydroxyl groups is 1. The van der Waals surface area contributed by atoms with E-state index in [9.17, 15) is 13.2 Å². The molecule has 2 N–H and O–H groups in total. The molecule has 0 bridgehead atoms. The monoisotopic (exact) mass is 220 g/mol. The van der Waals surface area contributed by atoms with Crippen molar-refractivity contribution in [3.63, 3.8) is 0 Å². The Bertz CT molecular complexity index is 369. The molecule has 0 saturated carbocycles. The van der Waals surface area contributed by atoms with E-state index in [4.69, 9.17) is 5.11 Å². The fourth-order valence-corrected chi connectivity index (χ4v) is 0.892. The highest BCUT2D eigenvalue weighted by atomic mass is 19.2. The number of aromatic nitrogens is 1. The zero-order chi connectivity index (χ0) is 11.6. The average Bonchev–Trinajstić information content (AvgIpc) is 2.14. The fraction of sp³-hybridized carbons (Fsp3) is 0.444. The third-order valence-corrected chi connectivity index (χ3v) is 1.74. The van der Waals surface area contributed by atoms with Crippen LogP contribution in [0.5, 0.6) is 0 Å². The van der Waals surface area contributed by atoms with Gasteiger partial charge in [-0.3, -0.25) is 0 Å². The number of nitrogens with zero attached hydrogens (tertiary/aromatic N) is 1. The minimum absolute atomic E-state index is 0.298. The van der Waals surface area contributed by atoms with Crippen LogP contribution in [0, 0.1) is 17.6 Å². The summed E-state index contributed by atoms with van der Waals surface area (Å²) in [5, 5.41) is 11.4. The Morgan fingerprint density at radius 1 is 1.33 bits per heavy atom. The lowest BCUT2D eigenvalue weighted by atomic mass is 10.1. The third kappa shape index (κ3) is 2.82. The lowest BCUT2D eigenvalue weighted by Gasteiger charge is -2.24. The van der Waals surface area contributed by atoms with Gasteiger partial charge in [0.25, 0.3) is 5.95 Å². The number of hydrogen-bond donors (Lipinski definition) is 2. The van der Waals surface area contributed by atoms with Crippen LogP contribution in [0.4, 0.5) is 19.0 Å². The van der Waals surface area contributed by atoms with Crippen LogP contribution in [0.15, 0.2) is 6.07 Å². The topological polar surface area (TPSA) is 45.1 Å². The molecular weight excluding hydrogens is 209 g/mol. The molecule has 0 amide bonds. The van der Waals surface area contributed by atoms with Gasteiger partial charge in [-0.1, -0.05) is 0 Å². The lowest BCUT2D eigenvalue weighted by Crippen LogP contribution is -2.35. The van der Waals surface area contributed by atoms with Gasteiger partial charge in [0.05, 0.1) is 12.1 Å². The van der Waals surface area contributed by atoms with Crippen molar-refractivity contribution >= 4 is 5.82 Å². The normalized spacial score (nSPS) is 11.6. The summed E-state index contributed by atoms with van der Waals surface area (Å²) in [6.07, 6.45) is 0. The first-order chi connectivity index (χ1) is 6.85. The molecule has 0 spiro atoms. The summed E-state index contributed by atoms with van der Waals surface area (Å²) in [4.78, 5) is 3.07. The summed E-state index contributed by atoms with van der Waals surface area (Å²) in [5.41, 5.74) is -0.863. The van der Waals surface area contributed by atoms with Gasteiger partial charge in [-0.2, -0.15) is 9.37 Å². The Morgan fingerprint density at radius 2 is 1.93 bits per heavy atom. The molecule has 0 aromatic carbocycles. The van der Waals surface area contributed by atoms with Gasteiger partial charge in [-0.15, -0.1) is 0 Å². The first-order valence-corrected chi connectivity index (χ1v) is 4.26. The highest BCUT2D eigenvalue weighted by molar-refractivity contribution is 5.38. The summed E-state index contributed by atoms with van der Waals surface area (Å²) in [6.45, 7) is 2.83. The average molecular weight is 220 g/mol. The molecule has 0 fully saturated rings. The summed E-state index contributed by atoms with van der Waals surface area (Å²) < 4.78 is 38.3. The number of aliphatic hydroxyl groups excluding tert-OH is 1. The molecule has 84 valence electrons. The van der Waals surface area contributed by atoms with Gasteiger partial charge in [0.2, 0.25) is 0 Å². The number of nitrogens with one attached hydrogen (secondary N) is 1. The standard InChI is InChI=1S/C9H11F3N2O/c1-9(2,4-15)14-8-6(11)3-5(10)7(12)13-8/h3,15H,4H2,1-2H3,(H,13,14). The molecule has 0 saturated heterocycles. The second kappa shape index (κ2) is 4.06. The molecule has 1 aromatic heterocycles. The first-order valence-electron chi connectivity index (χ1n) is 4.26. The molecule has 0 aliphatic carbocycles. The van der Waals surface area contributed by atoms with Crippen LogP contribution in [0.1, 0.15) is 13.8 Å². The van der Waals surface area contributed by atoms with Crippen LogP contribution >= 0.6 is 0 Å². The van der Waals surface area contributed by atoms with E-state index in [-0.39, 0.29) is 6.61 Å². The van der Waals surface area contributed by atoms with Gasteiger partial charge in [0.1, 0.15) is 0 Å². The summed E-state index contributed by atoms with van der Waals surface area (Å²) in [6, 6.07) is 0.401. The second-order valence-corrected chi connectivity index (χ2v) is 3.76. The number of rotatable bonds is 3. The summed E-state index contributed by atoms with van der Waals surface area (Å²) >= 11 is 0. The van der Waals surface area contributed by atoms with Crippen molar-refractivity contribution in [3.8, 4) is 0 Å². The molecule has 15 heavy (non-hydrogen) atoms. The Kier molecular flexibility index (Phi) is 3.18. The summed E-state index contributed by atoms with van der Waals surface area (Å²) in [7, 11) is 0. The fourth-order valence-electron chi connectivity index (χ4n) is 0.892. The van der Waals surface area contributed by atoms with E-state index in [1.165, 1.54) is 0 Å². The molecule has 1 heterocycles. The Labute approximate surface area is 85.0 Å². The molecule has 1 rings (SSSR count). The van der Waals surface area contributed by atoms with E-state index in [2.05, 4.69) is 10.3 Å². The molecule has 6 heteroatoms. The molecule has 0 unspecified atom stereocenters. The van der Waals surface area contributed by atoms with Crippen molar-refractivity contribution in [1.82, 2.24) is 4.98 Å². The lowest BCUT2D eigenvalue weighted by molar-refractivity contribution is 0.233. The quantitative estimate of drug-likeness (QED) is 0.762. The molecular formula is C9H11F3N2O. The highest BCUT2D eigenvalue weighted by Gasteiger charge is 2.20. The van der Waals surface area contributed by atoms with Gasteiger partial charge in [-0.05, 0) is 13.8 Å².